The third-order valence-electron chi connectivity index (χ3n) is 3.55. The molecule has 0 aliphatic carbocycles. The van der Waals surface area contributed by atoms with Crippen LogP contribution in [-0.4, -0.2) is 29.7 Å². The molecule has 3 amide bonds. The van der Waals surface area contributed by atoms with Crippen molar-refractivity contribution in [3.05, 3.63) is 63.1 Å². The van der Waals surface area contributed by atoms with E-state index in [4.69, 9.17) is 23.2 Å². The van der Waals surface area contributed by atoms with Gasteiger partial charge in [0.2, 0.25) is 0 Å². The predicted octanol–water partition coefficient (Wildman–Crippen LogP) is 3.47. The highest BCUT2D eigenvalue weighted by Crippen LogP contribution is 2.30. The second-order valence-electron chi connectivity index (χ2n) is 4.98. The summed E-state index contributed by atoms with van der Waals surface area (Å²) in [6, 6.07) is 9.19. The van der Waals surface area contributed by atoms with Crippen molar-refractivity contribution < 1.29 is 14.4 Å². The van der Waals surface area contributed by atoms with Crippen molar-refractivity contribution in [3.63, 3.8) is 0 Å². The molecule has 0 bridgehead atoms. The highest BCUT2D eigenvalue weighted by Gasteiger charge is 2.33. The average molecular weight is 349 g/mol. The van der Waals surface area contributed by atoms with Crippen molar-refractivity contribution >= 4 is 46.6 Å². The van der Waals surface area contributed by atoms with Gasteiger partial charge in [0.1, 0.15) is 0 Å². The van der Waals surface area contributed by atoms with E-state index in [0.717, 1.165) is 4.90 Å². The number of para-hydroxylation sites is 1. The maximum atomic E-state index is 12.3. The maximum Gasteiger partial charge on any atom is 0.261 e. The Morgan fingerprint density at radius 2 is 1.61 bits per heavy atom. The number of halogens is 2. The molecule has 0 saturated heterocycles. The van der Waals surface area contributed by atoms with Gasteiger partial charge < -0.3 is 5.32 Å². The van der Waals surface area contributed by atoms with Crippen LogP contribution in [0.2, 0.25) is 10.0 Å². The molecular weight excluding hydrogens is 339 g/mol. The molecule has 1 heterocycles. The normalized spacial score (nSPS) is 13.3. The van der Waals surface area contributed by atoms with E-state index in [9.17, 15) is 14.4 Å². The fourth-order valence-corrected chi connectivity index (χ4v) is 2.80. The Bertz CT molecular complexity index is 844. The highest BCUT2D eigenvalue weighted by atomic mass is 35.5. The van der Waals surface area contributed by atoms with Gasteiger partial charge in [0, 0.05) is 12.6 Å². The Hall–Kier alpha value is -2.37. The summed E-state index contributed by atoms with van der Waals surface area (Å²) in [4.78, 5) is 37.2. The first-order chi connectivity index (χ1) is 10.9. The third kappa shape index (κ3) is 2.58. The Labute approximate surface area is 141 Å². The molecule has 23 heavy (non-hydrogen) atoms. The SMILES string of the molecule is CN1C(=O)c2ccc(C(=O)Nc3c(Cl)cccc3Cl)cc2C1=O. The molecule has 2 aromatic rings. The summed E-state index contributed by atoms with van der Waals surface area (Å²) in [6.07, 6.45) is 0. The molecular formula is C16H10Cl2N2O3. The van der Waals surface area contributed by atoms with Crippen molar-refractivity contribution in [1.82, 2.24) is 4.90 Å². The van der Waals surface area contributed by atoms with Crippen molar-refractivity contribution in [2.75, 3.05) is 12.4 Å². The minimum Gasteiger partial charge on any atom is -0.319 e. The van der Waals surface area contributed by atoms with Crippen LogP contribution in [0.4, 0.5) is 5.69 Å². The van der Waals surface area contributed by atoms with Gasteiger partial charge >= 0.3 is 0 Å². The number of benzene rings is 2. The fraction of sp³-hybridized carbons (Fsp3) is 0.0625. The number of hydrogen-bond acceptors (Lipinski definition) is 3. The van der Waals surface area contributed by atoms with Gasteiger partial charge in [-0.15, -0.1) is 0 Å². The molecule has 0 fully saturated rings. The van der Waals surface area contributed by atoms with Gasteiger partial charge in [-0.1, -0.05) is 29.3 Å². The lowest BCUT2D eigenvalue weighted by atomic mass is 10.1. The van der Waals surface area contributed by atoms with E-state index >= 15 is 0 Å². The highest BCUT2D eigenvalue weighted by molar-refractivity contribution is 6.40. The predicted molar refractivity (Wildman–Crippen MR) is 87.3 cm³/mol. The third-order valence-corrected chi connectivity index (χ3v) is 4.18. The van der Waals surface area contributed by atoms with Crippen LogP contribution in [0, 0.1) is 0 Å². The minimum absolute atomic E-state index is 0.204. The number of rotatable bonds is 2. The van der Waals surface area contributed by atoms with Gasteiger partial charge in [-0.2, -0.15) is 0 Å². The molecule has 1 aliphatic rings. The monoisotopic (exact) mass is 348 g/mol. The smallest absolute Gasteiger partial charge is 0.261 e. The standard InChI is InChI=1S/C16H10Cl2N2O3/c1-20-15(22)9-6-5-8(7-10(9)16(20)23)14(21)19-13-11(17)3-2-4-12(13)18/h2-7H,1H3,(H,19,21). The topological polar surface area (TPSA) is 66.5 Å². The largest absolute Gasteiger partial charge is 0.319 e. The average Bonchev–Trinajstić information content (AvgIpc) is 2.75. The Kier molecular flexibility index (Phi) is 3.83. The maximum absolute atomic E-state index is 12.3. The molecule has 0 saturated carbocycles. The van der Waals surface area contributed by atoms with Crippen molar-refractivity contribution in [2.45, 2.75) is 0 Å². The first-order valence-electron chi connectivity index (χ1n) is 6.62. The second-order valence-corrected chi connectivity index (χ2v) is 5.79. The van der Waals surface area contributed by atoms with Crippen LogP contribution < -0.4 is 5.32 Å². The van der Waals surface area contributed by atoms with Gasteiger partial charge in [0.15, 0.2) is 0 Å². The Morgan fingerprint density at radius 1 is 1.00 bits per heavy atom. The molecule has 0 spiro atoms. The Balaban J connectivity index is 1.93. The molecule has 2 aromatic carbocycles. The fourth-order valence-electron chi connectivity index (χ4n) is 2.31. The first kappa shape index (κ1) is 15.5. The number of carbonyl (C=O) groups is 3. The van der Waals surface area contributed by atoms with Crippen LogP contribution in [0.5, 0.6) is 0 Å². The first-order valence-corrected chi connectivity index (χ1v) is 7.37. The quantitative estimate of drug-likeness (QED) is 0.845. The lowest BCUT2D eigenvalue weighted by molar-refractivity contribution is 0.0693. The van der Waals surface area contributed by atoms with Crippen LogP contribution in [0.3, 0.4) is 0 Å². The zero-order chi connectivity index (χ0) is 16.7. The van der Waals surface area contributed by atoms with Crippen LogP contribution in [0.25, 0.3) is 0 Å². The lowest BCUT2D eigenvalue weighted by Crippen LogP contribution is -2.24. The van der Waals surface area contributed by atoms with Crippen LogP contribution in [0.15, 0.2) is 36.4 Å². The van der Waals surface area contributed by atoms with Crippen LogP contribution >= 0.6 is 23.2 Å². The van der Waals surface area contributed by atoms with Crippen molar-refractivity contribution in [1.29, 1.82) is 0 Å². The number of carbonyl (C=O) groups excluding carboxylic acids is 3. The number of nitrogens with one attached hydrogen (secondary N) is 1. The summed E-state index contributed by atoms with van der Waals surface area (Å²) in [5, 5.41) is 3.22. The van der Waals surface area contributed by atoms with Gasteiger partial charge in [0.25, 0.3) is 17.7 Å². The van der Waals surface area contributed by atoms with Gasteiger partial charge in [-0.3, -0.25) is 19.3 Å². The molecule has 1 aliphatic heterocycles. The summed E-state index contributed by atoms with van der Waals surface area (Å²) in [5.74, 6) is -1.29. The molecule has 0 atom stereocenters. The number of amides is 3. The molecule has 5 nitrogen and oxygen atoms in total. The van der Waals surface area contributed by atoms with E-state index in [1.807, 2.05) is 0 Å². The van der Waals surface area contributed by atoms with Gasteiger partial charge in [-0.05, 0) is 30.3 Å². The van der Waals surface area contributed by atoms with Crippen molar-refractivity contribution in [3.8, 4) is 0 Å². The minimum atomic E-state index is -0.474. The molecule has 0 unspecified atom stereocenters. The zero-order valence-corrected chi connectivity index (χ0v) is 13.4. The van der Waals surface area contributed by atoms with Crippen LogP contribution in [-0.2, 0) is 0 Å². The second kappa shape index (κ2) is 5.68. The number of imide groups is 1. The number of anilines is 1. The van der Waals surface area contributed by atoms with E-state index in [-0.39, 0.29) is 22.6 Å². The Morgan fingerprint density at radius 3 is 2.26 bits per heavy atom. The van der Waals surface area contributed by atoms with Crippen LogP contribution in [0.1, 0.15) is 31.1 Å². The number of nitrogens with zero attached hydrogens (tertiary/aromatic N) is 1. The van der Waals surface area contributed by atoms with E-state index < -0.39 is 11.8 Å². The molecule has 116 valence electrons. The van der Waals surface area contributed by atoms with Crippen molar-refractivity contribution in [2.24, 2.45) is 0 Å². The molecule has 3 rings (SSSR count). The summed E-state index contributed by atoms with van der Waals surface area (Å²) in [7, 11) is 1.40. The van der Waals surface area contributed by atoms with E-state index in [0.29, 0.717) is 15.7 Å². The molecule has 0 radical (unpaired) electrons. The summed E-state index contributed by atoms with van der Waals surface area (Å²) in [5.41, 5.74) is 1.01. The van der Waals surface area contributed by atoms with Gasteiger partial charge in [-0.25, -0.2) is 0 Å². The summed E-state index contributed by atoms with van der Waals surface area (Å²) < 4.78 is 0. The molecule has 0 aromatic heterocycles. The van der Waals surface area contributed by atoms with E-state index in [1.165, 1.54) is 25.2 Å². The van der Waals surface area contributed by atoms with E-state index in [1.54, 1.807) is 18.2 Å². The van der Waals surface area contributed by atoms with E-state index in [2.05, 4.69) is 5.32 Å². The van der Waals surface area contributed by atoms with Gasteiger partial charge in [0.05, 0.1) is 26.9 Å². The number of hydrogen-bond donors (Lipinski definition) is 1. The number of fused-ring (bicyclic) bond motifs is 1. The molecule has 7 heteroatoms. The molecule has 1 N–H and O–H groups in total. The summed E-state index contributed by atoms with van der Waals surface area (Å²) in [6.45, 7) is 0. The summed E-state index contributed by atoms with van der Waals surface area (Å²) >= 11 is 12.0. The lowest BCUT2D eigenvalue weighted by Gasteiger charge is -2.09. The zero-order valence-electron chi connectivity index (χ0n) is 11.9.